The van der Waals surface area contributed by atoms with Gasteiger partial charge in [0.2, 0.25) is 0 Å². The van der Waals surface area contributed by atoms with Crippen LogP contribution in [-0.4, -0.2) is 19.9 Å². The van der Waals surface area contributed by atoms with Gasteiger partial charge in [0.05, 0.1) is 29.0 Å². The molecule has 3 rings (SSSR count). The van der Waals surface area contributed by atoms with E-state index in [1.54, 1.807) is 6.20 Å². The van der Waals surface area contributed by atoms with Crippen molar-refractivity contribution in [1.82, 2.24) is 19.9 Å². The number of fused-ring (bicyclic) bond motifs is 1. The fourth-order valence-corrected chi connectivity index (χ4v) is 2.12. The second kappa shape index (κ2) is 4.58. The Kier molecular flexibility index (Phi) is 2.76. The minimum Gasteiger partial charge on any atom is -0.342 e. The van der Waals surface area contributed by atoms with Crippen LogP contribution in [0.25, 0.3) is 22.3 Å². The van der Waals surface area contributed by atoms with E-state index in [0.29, 0.717) is 12.8 Å². The van der Waals surface area contributed by atoms with Crippen LogP contribution in [0, 0.1) is 18.3 Å². The number of imidazole rings is 2. The molecule has 0 saturated heterocycles. The Hall–Kier alpha value is -2.61. The van der Waals surface area contributed by atoms with Crippen LogP contribution in [0.3, 0.4) is 0 Å². The highest BCUT2D eigenvalue weighted by Gasteiger charge is 2.06. The number of aromatic amines is 2. The maximum Gasteiger partial charge on any atom is 0.107 e. The largest absolute Gasteiger partial charge is 0.342 e. The third kappa shape index (κ3) is 2.20. The standard InChI is InChI=1S/C14H13N5/c1-9-17-11-5-4-10(7-12(11)18-9)13-8-16-14(19-13)3-2-6-15/h4-5,7-8H,2-3H2,1H3,(H,16,19)(H,17,18). The van der Waals surface area contributed by atoms with Crippen LogP contribution in [-0.2, 0) is 6.42 Å². The summed E-state index contributed by atoms with van der Waals surface area (Å²) in [5.74, 6) is 1.75. The van der Waals surface area contributed by atoms with Crippen LogP contribution < -0.4 is 0 Å². The van der Waals surface area contributed by atoms with Crippen LogP contribution in [0.5, 0.6) is 0 Å². The summed E-state index contributed by atoms with van der Waals surface area (Å²) in [5.41, 5.74) is 4.00. The molecule has 5 nitrogen and oxygen atoms in total. The lowest BCUT2D eigenvalue weighted by molar-refractivity contribution is 0.918. The number of nitrogens with zero attached hydrogens (tertiary/aromatic N) is 3. The van der Waals surface area contributed by atoms with Crippen molar-refractivity contribution in [2.75, 3.05) is 0 Å². The smallest absolute Gasteiger partial charge is 0.107 e. The minimum absolute atomic E-state index is 0.478. The topological polar surface area (TPSA) is 81.2 Å². The quantitative estimate of drug-likeness (QED) is 0.751. The van der Waals surface area contributed by atoms with E-state index in [0.717, 1.165) is 33.9 Å². The number of hydrogen-bond acceptors (Lipinski definition) is 3. The molecule has 0 bridgehead atoms. The molecule has 0 atom stereocenters. The van der Waals surface area contributed by atoms with E-state index in [1.165, 1.54) is 0 Å². The zero-order valence-corrected chi connectivity index (χ0v) is 10.6. The average Bonchev–Trinajstić information content (AvgIpc) is 3.00. The van der Waals surface area contributed by atoms with Crippen LogP contribution in [0.2, 0.25) is 0 Å². The van der Waals surface area contributed by atoms with Crippen molar-refractivity contribution in [1.29, 1.82) is 5.26 Å². The molecule has 0 amide bonds. The van der Waals surface area contributed by atoms with Crippen molar-refractivity contribution >= 4 is 11.0 Å². The Morgan fingerprint density at radius 3 is 3.05 bits per heavy atom. The Morgan fingerprint density at radius 1 is 1.32 bits per heavy atom. The number of benzene rings is 1. The fraction of sp³-hybridized carbons (Fsp3) is 0.214. The predicted octanol–water partition coefficient (Wildman–Crippen LogP) is 2.72. The highest BCUT2D eigenvalue weighted by atomic mass is 14.9. The molecular weight excluding hydrogens is 238 g/mol. The number of nitriles is 1. The van der Waals surface area contributed by atoms with Crippen LogP contribution in [0.4, 0.5) is 0 Å². The first-order chi connectivity index (χ1) is 9.26. The van der Waals surface area contributed by atoms with Gasteiger partial charge in [-0.15, -0.1) is 0 Å². The van der Waals surface area contributed by atoms with Gasteiger partial charge in [-0.05, 0) is 19.1 Å². The number of H-pyrrole nitrogens is 2. The first-order valence-electron chi connectivity index (χ1n) is 6.14. The molecule has 5 heteroatoms. The summed E-state index contributed by atoms with van der Waals surface area (Å²) >= 11 is 0. The van der Waals surface area contributed by atoms with Crippen molar-refractivity contribution in [3.8, 4) is 17.3 Å². The van der Waals surface area contributed by atoms with Crippen molar-refractivity contribution in [2.24, 2.45) is 0 Å². The number of aromatic nitrogens is 4. The van der Waals surface area contributed by atoms with Crippen LogP contribution >= 0.6 is 0 Å². The van der Waals surface area contributed by atoms with Gasteiger partial charge in [0.25, 0.3) is 0 Å². The summed E-state index contributed by atoms with van der Waals surface area (Å²) in [7, 11) is 0. The monoisotopic (exact) mass is 251 g/mol. The molecule has 19 heavy (non-hydrogen) atoms. The summed E-state index contributed by atoms with van der Waals surface area (Å²) in [6.45, 7) is 1.94. The number of nitrogens with one attached hydrogen (secondary N) is 2. The van der Waals surface area contributed by atoms with Crippen molar-refractivity contribution in [3.63, 3.8) is 0 Å². The number of hydrogen-bond donors (Lipinski definition) is 2. The zero-order valence-electron chi connectivity index (χ0n) is 10.6. The van der Waals surface area contributed by atoms with Gasteiger partial charge in [-0.25, -0.2) is 9.97 Å². The summed E-state index contributed by atoms with van der Waals surface area (Å²) < 4.78 is 0. The average molecular weight is 251 g/mol. The van der Waals surface area contributed by atoms with E-state index in [4.69, 9.17) is 5.26 Å². The molecule has 0 spiro atoms. The molecular formula is C14H13N5. The number of rotatable bonds is 3. The van der Waals surface area contributed by atoms with Gasteiger partial charge in [0.15, 0.2) is 0 Å². The Bertz CT molecular complexity index is 760. The predicted molar refractivity (Wildman–Crippen MR) is 72.3 cm³/mol. The second-order valence-electron chi connectivity index (χ2n) is 4.46. The molecule has 0 unspecified atom stereocenters. The molecule has 0 fully saturated rings. The van der Waals surface area contributed by atoms with E-state index >= 15 is 0 Å². The van der Waals surface area contributed by atoms with Gasteiger partial charge >= 0.3 is 0 Å². The highest BCUT2D eigenvalue weighted by Crippen LogP contribution is 2.22. The molecule has 2 N–H and O–H groups in total. The van der Waals surface area contributed by atoms with Gasteiger partial charge in [-0.1, -0.05) is 6.07 Å². The minimum atomic E-state index is 0.478. The lowest BCUT2D eigenvalue weighted by Gasteiger charge is -1.97. The maximum absolute atomic E-state index is 8.57. The summed E-state index contributed by atoms with van der Waals surface area (Å²) in [4.78, 5) is 15.1. The Labute approximate surface area is 110 Å². The molecule has 0 aliphatic carbocycles. The normalized spacial score (nSPS) is 10.7. The molecule has 2 aromatic heterocycles. The molecule has 0 aliphatic heterocycles. The van der Waals surface area contributed by atoms with E-state index in [-0.39, 0.29) is 0 Å². The van der Waals surface area contributed by atoms with E-state index in [2.05, 4.69) is 32.1 Å². The summed E-state index contributed by atoms with van der Waals surface area (Å²) in [6.07, 6.45) is 2.94. The molecule has 0 saturated carbocycles. The van der Waals surface area contributed by atoms with Crippen molar-refractivity contribution in [3.05, 3.63) is 36.0 Å². The summed E-state index contributed by atoms with van der Waals surface area (Å²) in [5, 5.41) is 8.57. The van der Waals surface area contributed by atoms with Crippen LogP contribution in [0.1, 0.15) is 18.1 Å². The Balaban J connectivity index is 1.94. The Morgan fingerprint density at radius 2 is 2.21 bits per heavy atom. The molecule has 94 valence electrons. The third-order valence-corrected chi connectivity index (χ3v) is 3.01. The maximum atomic E-state index is 8.57. The molecule has 1 aromatic carbocycles. The molecule has 0 aliphatic rings. The number of aryl methyl sites for hydroxylation is 2. The van der Waals surface area contributed by atoms with E-state index in [9.17, 15) is 0 Å². The lowest BCUT2D eigenvalue weighted by Crippen LogP contribution is -1.86. The second-order valence-corrected chi connectivity index (χ2v) is 4.46. The highest BCUT2D eigenvalue weighted by molar-refractivity contribution is 5.81. The van der Waals surface area contributed by atoms with Gasteiger partial charge in [-0.2, -0.15) is 5.26 Å². The molecule has 2 heterocycles. The van der Waals surface area contributed by atoms with E-state index < -0.39 is 0 Å². The van der Waals surface area contributed by atoms with Gasteiger partial charge in [0, 0.05) is 18.4 Å². The first kappa shape index (κ1) is 11.5. The molecule has 3 aromatic rings. The first-order valence-corrected chi connectivity index (χ1v) is 6.14. The fourth-order valence-electron chi connectivity index (χ4n) is 2.12. The van der Waals surface area contributed by atoms with Gasteiger partial charge in [-0.3, -0.25) is 0 Å². The van der Waals surface area contributed by atoms with Gasteiger partial charge < -0.3 is 9.97 Å². The zero-order chi connectivity index (χ0) is 13.2. The van der Waals surface area contributed by atoms with Crippen LogP contribution in [0.15, 0.2) is 24.4 Å². The molecule has 0 radical (unpaired) electrons. The SMILES string of the molecule is Cc1nc2ccc(-c3cnc(CCC#N)[nH]3)cc2[nH]1. The van der Waals surface area contributed by atoms with Crippen molar-refractivity contribution in [2.45, 2.75) is 19.8 Å². The van der Waals surface area contributed by atoms with Gasteiger partial charge in [0.1, 0.15) is 11.6 Å². The van der Waals surface area contributed by atoms with E-state index in [1.807, 2.05) is 19.1 Å². The van der Waals surface area contributed by atoms with Crippen molar-refractivity contribution < 1.29 is 0 Å². The summed E-state index contributed by atoms with van der Waals surface area (Å²) in [6, 6.07) is 8.18. The lowest BCUT2D eigenvalue weighted by atomic mass is 10.1. The third-order valence-electron chi connectivity index (χ3n) is 3.01.